The van der Waals surface area contributed by atoms with Gasteiger partial charge in [-0.2, -0.15) is 8.78 Å². The smallest absolute Gasteiger partial charge is 0.387 e. The number of hydrogen-bond donors (Lipinski definition) is 2. The van der Waals surface area contributed by atoms with E-state index in [2.05, 4.69) is 15.0 Å². The summed E-state index contributed by atoms with van der Waals surface area (Å²) in [5.41, 5.74) is 0.651. The average molecular weight is 322 g/mol. The van der Waals surface area contributed by atoms with E-state index >= 15 is 0 Å². The van der Waals surface area contributed by atoms with Crippen molar-refractivity contribution in [1.82, 2.24) is 10.3 Å². The summed E-state index contributed by atoms with van der Waals surface area (Å²) in [5.74, 6) is -0.533. The average Bonchev–Trinajstić information content (AvgIpc) is 2.49. The molecule has 0 bridgehead atoms. The fourth-order valence-electron chi connectivity index (χ4n) is 2.08. The third-order valence-corrected chi connectivity index (χ3v) is 3.31. The molecule has 122 valence electrons. The van der Waals surface area contributed by atoms with Crippen LogP contribution in [0.5, 0.6) is 5.75 Å². The molecule has 1 heterocycles. The van der Waals surface area contributed by atoms with Crippen LogP contribution in [0, 0.1) is 6.92 Å². The summed E-state index contributed by atoms with van der Waals surface area (Å²) in [4.78, 5) is 26.8. The summed E-state index contributed by atoms with van der Waals surface area (Å²) in [6.07, 6.45) is 2.83. The van der Waals surface area contributed by atoms with Crippen LogP contribution in [0.15, 0.2) is 41.5 Å². The summed E-state index contributed by atoms with van der Waals surface area (Å²) in [7, 11) is 0. The van der Waals surface area contributed by atoms with Gasteiger partial charge in [-0.25, -0.2) is 0 Å². The van der Waals surface area contributed by atoms with Gasteiger partial charge < -0.3 is 15.0 Å². The van der Waals surface area contributed by atoms with Gasteiger partial charge in [-0.3, -0.25) is 9.59 Å². The van der Waals surface area contributed by atoms with Crippen molar-refractivity contribution in [3.05, 3.63) is 63.6 Å². The normalized spacial score (nSPS) is 12.0. The highest BCUT2D eigenvalue weighted by Crippen LogP contribution is 2.20. The van der Waals surface area contributed by atoms with E-state index in [1.807, 2.05) is 0 Å². The molecular formula is C16H16F2N2O3. The molecule has 1 atom stereocenters. The lowest BCUT2D eigenvalue weighted by molar-refractivity contribution is -0.0499. The Kier molecular flexibility index (Phi) is 5.10. The van der Waals surface area contributed by atoms with Crippen molar-refractivity contribution in [2.24, 2.45) is 0 Å². The van der Waals surface area contributed by atoms with Crippen molar-refractivity contribution in [2.75, 3.05) is 0 Å². The molecule has 0 aliphatic carbocycles. The highest BCUT2D eigenvalue weighted by molar-refractivity contribution is 5.94. The van der Waals surface area contributed by atoms with Gasteiger partial charge in [-0.1, -0.05) is 12.1 Å². The second-order valence-corrected chi connectivity index (χ2v) is 5.03. The van der Waals surface area contributed by atoms with Crippen molar-refractivity contribution < 1.29 is 18.3 Å². The number of hydrogen-bond acceptors (Lipinski definition) is 3. The number of aromatic amines is 1. The number of ether oxygens (including phenoxy) is 1. The molecule has 0 radical (unpaired) electrons. The Morgan fingerprint density at radius 1 is 1.30 bits per heavy atom. The number of carbonyl (C=O) groups is 1. The predicted octanol–water partition coefficient (Wildman–Crippen LogP) is 2.78. The minimum absolute atomic E-state index is 0.00293. The number of amides is 1. The molecule has 0 unspecified atom stereocenters. The summed E-state index contributed by atoms with van der Waals surface area (Å²) >= 11 is 0. The molecule has 2 N–H and O–H groups in total. The lowest BCUT2D eigenvalue weighted by Gasteiger charge is -2.15. The molecule has 0 aliphatic rings. The highest BCUT2D eigenvalue weighted by Gasteiger charge is 2.16. The number of nitrogens with one attached hydrogen (secondary N) is 2. The van der Waals surface area contributed by atoms with E-state index in [0.717, 1.165) is 0 Å². The first-order valence-corrected chi connectivity index (χ1v) is 6.92. The van der Waals surface area contributed by atoms with Crippen LogP contribution in [0.25, 0.3) is 0 Å². The standard InChI is InChI=1S/C16H16F2N2O3/c1-9-7-19-8-13(14(9)21)15(22)20-10(2)11-4-3-5-12(6-11)23-16(17)18/h3-8,10,16H,1-2H3,(H,19,21)(H,20,22)/t10-/m0/s1. The van der Waals surface area contributed by atoms with Crippen molar-refractivity contribution in [1.29, 1.82) is 0 Å². The lowest BCUT2D eigenvalue weighted by atomic mass is 10.1. The van der Waals surface area contributed by atoms with E-state index in [9.17, 15) is 18.4 Å². The molecule has 23 heavy (non-hydrogen) atoms. The van der Waals surface area contributed by atoms with Crippen LogP contribution in [0.1, 0.15) is 34.5 Å². The maximum Gasteiger partial charge on any atom is 0.387 e. The molecule has 0 fully saturated rings. The Hall–Kier alpha value is -2.70. The quantitative estimate of drug-likeness (QED) is 0.889. The van der Waals surface area contributed by atoms with Crippen molar-refractivity contribution in [3.8, 4) is 5.75 Å². The largest absolute Gasteiger partial charge is 0.435 e. The van der Waals surface area contributed by atoms with Gasteiger partial charge in [0.1, 0.15) is 11.3 Å². The Morgan fingerprint density at radius 2 is 2.04 bits per heavy atom. The number of carbonyl (C=O) groups excluding carboxylic acids is 1. The number of pyridine rings is 1. The molecule has 0 spiro atoms. The number of benzene rings is 1. The monoisotopic (exact) mass is 322 g/mol. The zero-order valence-electron chi connectivity index (χ0n) is 12.6. The molecule has 5 nitrogen and oxygen atoms in total. The first-order chi connectivity index (χ1) is 10.9. The number of rotatable bonds is 5. The Morgan fingerprint density at radius 3 is 2.74 bits per heavy atom. The summed E-state index contributed by atoms with van der Waals surface area (Å²) < 4.78 is 28.8. The third kappa shape index (κ3) is 4.15. The topological polar surface area (TPSA) is 71.2 Å². The van der Waals surface area contributed by atoms with Crippen molar-refractivity contribution in [3.63, 3.8) is 0 Å². The van der Waals surface area contributed by atoms with Crippen LogP contribution in [-0.2, 0) is 0 Å². The number of halogens is 2. The molecule has 7 heteroatoms. The van der Waals surface area contributed by atoms with Gasteiger partial charge in [0.2, 0.25) is 0 Å². The van der Waals surface area contributed by atoms with Crippen LogP contribution >= 0.6 is 0 Å². The SMILES string of the molecule is Cc1c[nH]cc(C(=O)N[C@@H](C)c2cccc(OC(F)F)c2)c1=O. The van der Waals surface area contributed by atoms with Gasteiger partial charge in [-0.05, 0) is 31.5 Å². The molecule has 0 saturated heterocycles. The van der Waals surface area contributed by atoms with Crippen LogP contribution in [0.4, 0.5) is 8.78 Å². The van der Waals surface area contributed by atoms with Crippen LogP contribution in [0.2, 0.25) is 0 Å². The Bertz CT molecular complexity index is 759. The van der Waals surface area contributed by atoms with E-state index < -0.39 is 18.6 Å². The van der Waals surface area contributed by atoms with Crippen LogP contribution in [-0.4, -0.2) is 17.5 Å². The molecule has 1 amide bonds. The van der Waals surface area contributed by atoms with Gasteiger partial charge in [0.25, 0.3) is 5.91 Å². The minimum Gasteiger partial charge on any atom is -0.435 e. The van der Waals surface area contributed by atoms with E-state index in [-0.39, 0.29) is 16.7 Å². The molecule has 0 aliphatic heterocycles. The highest BCUT2D eigenvalue weighted by atomic mass is 19.3. The van der Waals surface area contributed by atoms with Crippen molar-refractivity contribution in [2.45, 2.75) is 26.5 Å². The van der Waals surface area contributed by atoms with E-state index in [1.165, 1.54) is 24.5 Å². The van der Waals surface area contributed by atoms with E-state index in [4.69, 9.17) is 0 Å². The second kappa shape index (κ2) is 7.04. The summed E-state index contributed by atoms with van der Waals surface area (Å²) in [6.45, 7) is 0.370. The molecule has 2 rings (SSSR count). The molecule has 1 aromatic heterocycles. The lowest BCUT2D eigenvalue weighted by Crippen LogP contribution is -2.31. The summed E-state index contributed by atoms with van der Waals surface area (Å²) in [6, 6.07) is 5.55. The zero-order chi connectivity index (χ0) is 17.0. The predicted molar refractivity (Wildman–Crippen MR) is 80.8 cm³/mol. The van der Waals surface area contributed by atoms with Gasteiger partial charge in [0.15, 0.2) is 5.43 Å². The number of aromatic nitrogens is 1. The first-order valence-electron chi connectivity index (χ1n) is 6.92. The molecule has 0 saturated carbocycles. The third-order valence-electron chi connectivity index (χ3n) is 3.31. The van der Waals surface area contributed by atoms with E-state index in [0.29, 0.717) is 11.1 Å². The van der Waals surface area contributed by atoms with Gasteiger partial charge >= 0.3 is 6.61 Å². The van der Waals surface area contributed by atoms with Crippen molar-refractivity contribution >= 4 is 5.91 Å². The maximum absolute atomic E-state index is 12.2. The maximum atomic E-state index is 12.2. The van der Waals surface area contributed by atoms with Gasteiger partial charge in [0.05, 0.1) is 6.04 Å². The molecular weight excluding hydrogens is 306 g/mol. The number of aryl methyl sites for hydroxylation is 1. The van der Waals surface area contributed by atoms with Gasteiger partial charge in [-0.15, -0.1) is 0 Å². The Labute approximate surface area is 131 Å². The van der Waals surface area contributed by atoms with Crippen LogP contribution < -0.4 is 15.5 Å². The molecule has 2 aromatic rings. The van der Waals surface area contributed by atoms with E-state index in [1.54, 1.807) is 26.0 Å². The van der Waals surface area contributed by atoms with Gasteiger partial charge in [0, 0.05) is 18.0 Å². The summed E-state index contributed by atoms with van der Waals surface area (Å²) in [5, 5.41) is 2.66. The fraction of sp³-hybridized carbons (Fsp3) is 0.250. The second-order valence-electron chi connectivity index (χ2n) is 5.03. The zero-order valence-corrected chi connectivity index (χ0v) is 12.6. The Balaban J connectivity index is 2.15. The first kappa shape index (κ1) is 16.7. The minimum atomic E-state index is -2.92. The fourth-order valence-corrected chi connectivity index (χ4v) is 2.08. The molecule has 1 aromatic carbocycles. The van der Waals surface area contributed by atoms with Crippen LogP contribution in [0.3, 0.4) is 0 Å². The number of H-pyrrole nitrogens is 1. The number of alkyl halides is 2.